The van der Waals surface area contributed by atoms with Crippen LogP contribution in [0.3, 0.4) is 0 Å². The molecule has 1 aromatic rings. The molecule has 1 aromatic carbocycles. The zero-order valence-electron chi connectivity index (χ0n) is 13.2. The van der Waals surface area contributed by atoms with Crippen LogP contribution in [0.1, 0.15) is 43.9 Å². The lowest BCUT2D eigenvalue weighted by Gasteiger charge is -2.38. The molecule has 0 aliphatic carbocycles. The van der Waals surface area contributed by atoms with E-state index in [1.165, 1.54) is 11.1 Å². The third-order valence-electron chi connectivity index (χ3n) is 4.68. The molecule has 0 bridgehead atoms. The number of nitrogens with zero attached hydrogens (tertiary/aromatic N) is 1. The Bertz CT molecular complexity index is 435. The molecule has 1 saturated heterocycles. The molecular formula is C17H28N2O. The van der Waals surface area contributed by atoms with E-state index in [9.17, 15) is 0 Å². The van der Waals surface area contributed by atoms with Gasteiger partial charge in [0.25, 0.3) is 0 Å². The maximum absolute atomic E-state index is 6.45. The Hall–Kier alpha value is -0.900. The minimum atomic E-state index is 0.147. The molecule has 2 N–H and O–H groups in total. The molecule has 1 aliphatic heterocycles. The smallest absolute Gasteiger partial charge is 0.0703 e. The summed E-state index contributed by atoms with van der Waals surface area (Å²) < 4.78 is 5.73. The molecule has 112 valence electrons. The molecule has 3 heteroatoms. The Morgan fingerprint density at radius 1 is 1.40 bits per heavy atom. The second kappa shape index (κ2) is 6.70. The van der Waals surface area contributed by atoms with Gasteiger partial charge in [-0.15, -0.1) is 0 Å². The summed E-state index contributed by atoms with van der Waals surface area (Å²) in [6.07, 6.45) is 2.36. The van der Waals surface area contributed by atoms with E-state index in [1.54, 1.807) is 0 Å². The standard InChI is InChI=1S/C17H28N2O/c1-5-15(18)17(14-9-7-6-8-12(14)2)19(4)16-10-11-20-13(16)3/h6-9,13,15-17H,5,10-11,18H2,1-4H3. The van der Waals surface area contributed by atoms with Crippen LogP contribution in [0.4, 0.5) is 0 Å². The lowest BCUT2D eigenvalue weighted by molar-refractivity contribution is 0.0607. The van der Waals surface area contributed by atoms with Crippen molar-refractivity contribution in [3.05, 3.63) is 35.4 Å². The lowest BCUT2D eigenvalue weighted by Crippen LogP contribution is -2.46. The number of nitrogens with two attached hydrogens (primary N) is 1. The van der Waals surface area contributed by atoms with E-state index in [2.05, 4.69) is 57.0 Å². The van der Waals surface area contributed by atoms with Crippen molar-refractivity contribution in [2.45, 2.75) is 57.8 Å². The maximum atomic E-state index is 6.45. The third-order valence-corrected chi connectivity index (χ3v) is 4.68. The SMILES string of the molecule is CCC(N)C(c1ccccc1C)N(C)C1CCOC1C. The molecule has 1 heterocycles. The minimum absolute atomic E-state index is 0.147. The van der Waals surface area contributed by atoms with Crippen LogP contribution >= 0.6 is 0 Å². The Balaban J connectivity index is 2.30. The van der Waals surface area contributed by atoms with Gasteiger partial charge in [-0.3, -0.25) is 4.90 Å². The number of hydrogen-bond acceptors (Lipinski definition) is 3. The molecule has 0 radical (unpaired) electrons. The first-order valence-electron chi connectivity index (χ1n) is 7.70. The summed E-state index contributed by atoms with van der Waals surface area (Å²) in [5.74, 6) is 0. The van der Waals surface area contributed by atoms with Gasteiger partial charge in [0, 0.05) is 18.7 Å². The van der Waals surface area contributed by atoms with Crippen molar-refractivity contribution in [1.29, 1.82) is 0 Å². The molecule has 0 amide bonds. The molecule has 0 spiro atoms. The highest BCUT2D eigenvalue weighted by atomic mass is 16.5. The van der Waals surface area contributed by atoms with Gasteiger partial charge in [0.1, 0.15) is 0 Å². The van der Waals surface area contributed by atoms with Crippen molar-refractivity contribution in [2.24, 2.45) is 5.73 Å². The second-order valence-corrected chi connectivity index (χ2v) is 5.97. The van der Waals surface area contributed by atoms with Gasteiger partial charge in [0.15, 0.2) is 0 Å². The molecule has 4 unspecified atom stereocenters. The Kier molecular flexibility index (Phi) is 5.19. The summed E-state index contributed by atoms with van der Waals surface area (Å²) in [7, 11) is 2.20. The average Bonchev–Trinajstić information content (AvgIpc) is 2.87. The fourth-order valence-corrected chi connectivity index (χ4v) is 3.36. The van der Waals surface area contributed by atoms with E-state index < -0.39 is 0 Å². The predicted octanol–water partition coefficient (Wildman–Crippen LogP) is 2.88. The van der Waals surface area contributed by atoms with Crippen LogP contribution in [0.2, 0.25) is 0 Å². The van der Waals surface area contributed by atoms with Gasteiger partial charge in [0.05, 0.1) is 12.1 Å². The number of likely N-dealkylation sites (N-methyl/N-ethyl adjacent to an activating group) is 1. The topological polar surface area (TPSA) is 38.5 Å². The van der Waals surface area contributed by atoms with Crippen LogP contribution in [-0.2, 0) is 4.74 Å². The van der Waals surface area contributed by atoms with Gasteiger partial charge in [-0.2, -0.15) is 0 Å². The summed E-state index contributed by atoms with van der Waals surface area (Å²) in [5.41, 5.74) is 9.12. The monoisotopic (exact) mass is 276 g/mol. The van der Waals surface area contributed by atoms with E-state index in [-0.39, 0.29) is 18.2 Å². The van der Waals surface area contributed by atoms with Crippen molar-refractivity contribution in [1.82, 2.24) is 4.90 Å². The Labute approximate surface area is 123 Å². The highest BCUT2D eigenvalue weighted by molar-refractivity contribution is 5.30. The Morgan fingerprint density at radius 3 is 2.65 bits per heavy atom. The van der Waals surface area contributed by atoms with E-state index in [0.717, 1.165) is 19.4 Å². The fraction of sp³-hybridized carbons (Fsp3) is 0.647. The summed E-state index contributed by atoms with van der Waals surface area (Å²) in [6, 6.07) is 9.45. The number of benzene rings is 1. The molecule has 0 aromatic heterocycles. The number of rotatable bonds is 5. The van der Waals surface area contributed by atoms with Crippen LogP contribution in [0.15, 0.2) is 24.3 Å². The van der Waals surface area contributed by atoms with Crippen LogP contribution in [0.25, 0.3) is 0 Å². The van der Waals surface area contributed by atoms with Gasteiger partial charge < -0.3 is 10.5 Å². The number of ether oxygens (including phenoxy) is 1. The van der Waals surface area contributed by atoms with Gasteiger partial charge in [0.2, 0.25) is 0 Å². The fourth-order valence-electron chi connectivity index (χ4n) is 3.36. The van der Waals surface area contributed by atoms with Crippen molar-refractivity contribution >= 4 is 0 Å². The summed E-state index contributed by atoms with van der Waals surface area (Å²) >= 11 is 0. The first kappa shape index (κ1) is 15.5. The zero-order valence-corrected chi connectivity index (χ0v) is 13.2. The van der Waals surface area contributed by atoms with Gasteiger partial charge in [-0.1, -0.05) is 31.2 Å². The molecule has 20 heavy (non-hydrogen) atoms. The minimum Gasteiger partial charge on any atom is -0.377 e. The number of aryl methyl sites for hydroxylation is 1. The largest absolute Gasteiger partial charge is 0.377 e. The molecule has 1 aliphatic rings. The predicted molar refractivity (Wildman–Crippen MR) is 83.8 cm³/mol. The lowest BCUT2D eigenvalue weighted by atomic mass is 9.91. The van der Waals surface area contributed by atoms with Crippen LogP contribution in [-0.4, -0.2) is 36.7 Å². The summed E-state index contributed by atoms with van der Waals surface area (Å²) in [5, 5.41) is 0. The van der Waals surface area contributed by atoms with Crippen molar-refractivity contribution in [3.63, 3.8) is 0 Å². The van der Waals surface area contributed by atoms with E-state index in [1.807, 2.05) is 0 Å². The van der Waals surface area contributed by atoms with E-state index in [0.29, 0.717) is 6.04 Å². The summed E-state index contributed by atoms with van der Waals surface area (Å²) in [6.45, 7) is 7.37. The molecule has 4 atom stereocenters. The summed E-state index contributed by atoms with van der Waals surface area (Å²) in [4.78, 5) is 2.44. The highest BCUT2D eigenvalue weighted by Crippen LogP contribution is 2.32. The van der Waals surface area contributed by atoms with Crippen LogP contribution < -0.4 is 5.73 Å². The van der Waals surface area contributed by atoms with Gasteiger partial charge in [-0.05, 0) is 44.9 Å². The third kappa shape index (κ3) is 3.05. The van der Waals surface area contributed by atoms with Gasteiger partial charge >= 0.3 is 0 Å². The highest BCUT2D eigenvalue weighted by Gasteiger charge is 2.34. The molecule has 2 rings (SSSR count). The van der Waals surface area contributed by atoms with Crippen molar-refractivity contribution in [3.8, 4) is 0 Å². The normalized spacial score (nSPS) is 25.9. The van der Waals surface area contributed by atoms with Crippen LogP contribution in [0, 0.1) is 6.92 Å². The average molecular weight is 276 g/mol. The van der Waals surface area contributed by atoms with E-state index in [4.69, 9.17) is 10.5 Å². The molecule has 1 fully saturated rings. The van der Waals surface area contributed by atoms with Crippen molar-refractivity contribution in [2.75, 3.05) is 13.7 Å². The van der Waals surface area contributed by atoms with E-state index >= 15 is 0 Å². The zero-order chi connectivity index (χ0) is 14.7. The first-order chi connectivity index (χ1) is 9.56. The first-order valence-corrected chi connectivity index (χ1v) is 7.70. The van der Waals surface area contributed by atoms with Crippen LogP contribution in [0.5, 0.6) is 0 Å². The quantitative estimate of drug-likeness (QED) is 0.898. The molecular weight excluding hydrogens is 248 g/mol. The van der Waals surface area contributed by atoms with Crippen molar-refractivity contribution < 1.29 is 4.74 Å². The molecule has 3 nitrogen and oxygen atoms in total. The van der Waals surface area contributed by atoms with Gasteiger partial charge in [-0.25, -0.2) is 0 Å². The second-order valence-electron chi connectivity index (χ2n) is 5.97. The Morgan fingerprint density at radius 2 is 2.10 bits per heavy atom. The number of hydrogen-bond donors (Lipinski definition) is 1. The maximum Gasteiger partial charge on any atom is 0.0703 e. The molecule has 0 saturated carbocycles.